The first-order valence-electron chi connectivity index (χ1n) is 7.89. The van der Waals surface area contributed by atoms with E-state index in [0.29, 0.717) is 11.7 Å². The van der Waals surface area contributed by atoms with Crippen molar-refractivity contribution in [3.63, 3.8) is 0 Å². The Morgan fingerprint density at radius 3 is 3.17 bits per heavy atom. The molecule has 4 rings (SSSR count). The molecule has 1 atom stereocenters. The van der Waals surface area contributed by atoms with Gasteiger partial charge in [0.15, 0.2) is 5.13 Å². The number of carbonyl (C=O) groups is 1. The Morgan fingerprint density at radius 1 is 1.42 bits per heavy atom. The highest BCUT2D eigenvalue weighted by Crippen LogP contribution is 2.32. The summed E-state index contributed by atoms with van der Waals surface area (Å²) < 4.78 is 2.06. The van der Waals surface area contributed by atoms with Gasteiger partial charge in [-0.1, -0.05) is 17.4 Å². The lowest BCUT2D eigenvalue weighted by atomic mass is 9.97. The van der Waals surface area contributed by atoms with E-state index in [0.717, 1.165) is 29.1 Å². The maximum Gasteiger partial charge on any atom is 0.231 e. The van der Waals surface area contributed by atoms with Crippen LogP contribution in [0.3, 0.4) is 0 Å². The molecule has 0 radical (unpaired) electrons. The lowest BCUT2D eigenvalue weighted by Crippen LogP contribution is -2.30. The number of rotatable bonds is 3. The van der Waals surface area contributed by atoms with Gasteiger partial charge in [-0.05, 0) is 31.9 Å². The molecule has 1 aliphatic rings. The van der Waals surface area contributed by atoms with Gasteiger partial charge in [-0.15, -0.1) is 0 Å². The summed E-state index contributed by atoms with van der Waals surface area (Å²) in [6.45, 7) is 2.62. The second-order valence-electron chi connectivity index (χ2n) is 5.91. The molecule has 1 aliphatic heterocycles. The molecule has 0 spiro atoms. The van der Waals surface area contributed by atoms with Gasteiger partial charge in [-0.3, -0.25) is 9.78 Å². The maximum absolute atomic E-state index is 12.6. The number of nitrogens with one attached hydrogen (secondary N) is 1. The van der Waals surface area contributed by atoms with Crippen LogP contribution in [-0.4, -0.2) is 25.4 Å². The molecule has 4 heterocycles. The second-order valence-corrected chi connectivity index (χ2v) is 6.91. The Morgan fingerprint density at radius 2 is 2.33 bits per heavy atom. The fraction of sp³-hybridized carbons (Fsp3) is 0.294. The molecule has 3 aromatic rings. The number of aromatic nitrogens is 4. The summed E-state index contributed by atoms with van der Waals surface area (Å²) in [4.78, 5) is 26.5. The summed E-state index contributed by atoms with van der Waals surface area (Å²) in [5, 5.41) is 3.61. The zero-order chi connectivity index (χ0) is 16.5. The highest BCUT2D eigenvalue weighted by molar-refractivity contribution is 7.19. The van der Waals surface area contributed by atoms with Crippen LogP contribution in [0.2, 0.25) is 0 Å². The fourth-order valence-electron chi connectivity index (χ4n) is 2.98. The molecule has 0 bridgehead atoms. The second kappa shape index (κ2) is 6.16. The predicted octanol–water partition coefficient (Wildman–Crippen LogP) is 2.91. The zero-order valence-electron chi connectivity index (χ0n) is 13.3. The van der Waals surface area contributed by atoms with Gasteiger partial charge in [-0.2, -0.15) is 0 Å². The van der Waals surface area contributed by atoms with Crippen LogP contribution in [0.1, 0.15) is 17.8 Å². The molecule has 0 saturated heterocycles. The average molecular weight is 339 g/mol. The predicted molar refractivity (Wildman–Crippen MR) is 92.7 cm³/mol. The Hall–Kier alpha value is -2.54. The standard InChI is InChI=1S/C17H17N5OS/c1-11-15(14-4-2-3-7-19-14)24-17(20-11)21-16(23)12-5-6-13-8-18-10-22(13)9-12/h2-4,7-8,10,12H,5-6,9H2,1H3,(H,20,21,23). The Bertz CT molecular complexity index is 870. The number of amides is 1. The van der Waals surface area contributed by atoms with Crippen LogP contribution < -0.4 is 5.32 Å². The van der Waals surface area contributed by atoms with E-state index >= 15 is 0 Å². The normalized spacial score (nSPS) is 16.6. The van der Waals surface area contributed by atoms with Crippen molar-refractivity contribution in [2.75, 3.05) is 5.32 Å². The van der Waals surface area contributed by atoms with E-state index < -0.39 is 0 Å². The average Bonchev–Trinajstić information content (AvgIpc) is 3.21. The van der Waals surface area contributed by atoms with Crippen molar-refractivity contribution in [1.29, 1.82) is 0 Å². The summed E-state index contributed by atoms with van der Waals surface area (Å²) >= 11 is 1.47. The van der Waals surface area contributed by atoms with Crippen LogP contribution in [0.15, 0.2) is 36.9 Å². The van der Waals surface area contributed by atoms with Crippen molar-refractivity contribution in [3.8, 4) is 10.6 Å². The molecular formula is C17H17N5OS. The molecule has 0 aromatic carbocycles. The van der Waals surface area contributed by atoms with Crippen molar-refractivity contribution >= 4 is 22.4 Å². The molecule has 0 fully saturated rings. The number of fused-ring (bicyclic) bond motifs is 1. The molecule has 1 amide bonds. The summed E-state index contributed by atoms with van der Waals surface area (Å²) in [6.07, 6.45) is 7.15. The highest BCUT2D eigenvalue weighted by atomic mass is 32.1. The fourth-order valence-corrected chi connectivity index (χ4v) is 3.92. The number of anilines is 1. The van der Waals surface area contributed by atoms with E-state index in [4.69, 9.17) is 0 Å². The lowest BCUT2D eigenvalue weighted by Gasteiger charge is -2.22. The smallest absolute Gasteiger partial charge is 0.231 e. The number of carbonyl (C=O) groups excluding carboxylic acids is 1. The van der Waals surface area contributed by atoms with Crippen LogP contribution in [-0.2, 0) is 17.8 Å². The first-order chi connectivity index (χ1) is 11.7. The van der Waals surface area contributed by atoms with Crippen LogP contribution >= 0.6 is 11.3 Å². The molecular weight excluding hydrogens is 322 g/mol. The minimum atomic E-state index is -0.0470. The Labute approximate surface area is 143 Å². The van der Waals surface area contributed by atoms with E-state index in [-0.39, 0.29) is 11.8 Å². The van der Waals surface area contributed by atoms with Crippen LogP contribution in [0.5, 0.6) is 0 Å². The van der Waals surface area contributed by atoms with Crippen LogP contribution in [0.4, 0.5) is 5.13 Å². The van der Waals surface area contributed by atoms with Crippen LogP contribution in [0, 0.1) is 12.8 Å². The number of hydrogen-bond donors (Lipinski definition) is 1. The quantitative estimate of drug-likeness (QED) is 0.796. The number of imidazole rings is 1. The first kappa shape index (κ1) is 15.0. The van der Waals surface area contributed by atoms with Gasteiger partial charge < -0.3 is 9.88 Å². The van der Waals surface area contributed by atoms with E-state index in [1.54, 1.807) is 12.5 Å². The van der Waals surface area contributed by atoms with E-state index in [1.165, 1.54) is 17.0 Å². The molecule has 1 N–H and O–H groups in total. The van der Waals surface area contributed by atoms with Crippen molar-refractivity contribution in [1.82, 2.24) is 19.5 Å². The first-order valence-corrected chi connectivity index (χ1v) is 8.71. The van der Waals surface area contributed by atoms with Crippen molar-refractivity contribution in [2.24, 2.45) is 5.92 Å². The number of thiazole rings is 1. The third-order valence-corrected chi connectivity index (χ3v) is 5.35. The molecule has 24 heavy (non-hydrogen) atoms. The molecule has 6 nitrogen and oxygen atoms in total. The van der Waals surface area contributed by atoms with Crippen LogP contribution in [0.25, 0.3) is 10.6 Å². The summed E-state index contributed by atoms with van der Waals surface area (Å²) in [5.74, 6) is -0.0233. The zero-order valence-corrected chi connectivity index (χ0v) is 14.1. The molecule has 0 saturated carbocycles. The van der Waals surface area contributed by atoms with E-state index in [9.17, 15) is 4.79 Å². The molecule has 7 heteroatoms. The topological polar surface area (TPSA) is 72.7 Å². The summed E-state index contributed by atoms with van der Waals surface area (Å²) in [6, 6.07) is 5.79. The van der Waals surface area contributed by atoms with E-state index in [2.05, 4.69) is 24.8 Å². The third-order valence-electron chi connectivity index (χ3n) is 4.26. The SMILES string of the molecule is Cc1nc(NC(=O)C2CCc3cncn3C2)sc1-c1ccccn1. The lowest BCUT2D eigenvalue weighted by molar-refractivity contribution is -0.120. The number of pyridine rings is 1. The number of hydrogen-bond acceptors (Lipinski definition) is 5. The van der Waals surface area contributed by atoms with Crippen molar-refractivity contribution in [3.05, 3.63) is 48.3 Å². The van der Waals surface area contributed by atoms with Crippen molar-refractivity contribution < 1.29 is 4.79 Å². The summed E-state index contributed by atoms with van der Waals surface area (Å²) in [5.41, 5.74) is 2.96. The molecule has 1 unspecified atom stereocenters. The van der Waals surface area contributed by atoms with Crippen molar-refractivity contribution in [2.45, 2.75) is 26.3 Å². The number of aryl methyl sites for hydroxylation is 2. The van der Waals surface area contributed by atoms with Gasteiger partial charge >= 0.3 is 0 Å². The van der Waals surface area contributed by atoms with Gasteiger partial charge in [0.2, 0.25) is 5.91 Å². The Kier molecular flexibility index (Phi) is 3.86. The van der Waals surface area contributed by atoms with Gasteiger partial charge in [0.25, 0.3) is 0 Å². The third kappa shape index (κ3) is 2.82. The number of nitrogens with zero attached hydrogens (tertiary/aromatic N) is 4. The minimum Gasteiger partial charge on any atom is -0.334 e. The van der Waals surface area contributed by atoms with Gasteiger partial charge in [0.1, 0.15) is 0 Å². The van der Waals surface area contributed by atoms with Gasteiger partial charge in [0.05, 0.1) is 28.5 Å². The highest BCUT2D eigenvalue weighted by Gasteiger charge is 2.25. The Balaban J connectivity index is 1.49. The molecule has 0 aliphatic carbocycles. The monoisotopic (exact) mass is 339 g/mol. The molecule has 3 aromatic heterocycles. The summed E-state index contributed by atoms with van der Waals surface area (Å²) in [7, 11) is 0. The van der Waals surface area contributed by atoms with Gasteiger partial charge in [0, 0.05) is 24.6 Å². The maximum atomic E-state index is 12.6. The van der Waals surface area contributed by atoms with E-state index in [1.807, 2.05) is 31.3 Å². The minimum absolute atomic E-state index is 0.0238. The molecule has 122 valence electrons. The largest absolute Gasteiger partial charge is 0.334 e. The van der Waals surface area contributed by atoms with Gasteiger partial charge in [-0.25, -0.2) is 9.97 Å².